The van der Waals surface area contributed by atoms with E-state index in [0.29, 0.717) is 66.9 Å². The molecular weight excluding hydrogens is 539 g/mol. The molecule has 0 spiro atoms. The molecule has 0 aliphatic carbocycles. The van der Waals surface area contributed by atoms with E-state index in [9.17, 15) is 29.5 Å². The van der Waals surface area contributed by atoms with Gasteiger partial charge < -0.3 is 4.90 Å². The van der Waals surface area contributed by atoms with E-state index < -0.39 is 20.8 Å². The summed E-state index contributed by atoms with van der Waals surface area (Å²) in [6, 6.07) is 7.98. The van der Waals surface area contributed by atoms with E-state index in [0.717, 1.165) is 12.1 Å². The Bertz CT molecular complexity index is 1490. The lowest BCUT2D eigenvalue weighted by atomic mass is 9.95. The third-order valence-electron chi connectivity index (χ3n) is 7.50. The van der Waals surface area contributed by atoms with Crippen LogP contribution in [0, 0.1) is 11.3 Å². The minimum Gasteiger partial charge on any atom is -0.349 e. The lowest BCUT2D eigenvalue weighted by Crippen LogP contribution is -2.59. The number of piperazine rings is 1. The maximum Gasteiger partial charge on any atom is 0.349 e. The second-order valence-corrected chi connectivity index (χ2v) is 12.3. The Morgan fingerprint density at radius 1 is 0.974 bits per heavy atom. The molecule has 212 valence electrons. The summed E-state index contributed by atoms with van der Waals surface area (Å²) in [6.45, 7) is 6.86. The van der Waals surface area contributed by atoms with Crippen LogP contribution in [0.4, 0.5) is 25.2 Å². The zero-order valence-electron chi connectivity index (χ0n) is 22.1. The summed E-state index contributed by atoms with van der Waals surface area (Å²) in [4.78, 5) is 23.9. The summed E-state index contributed by atoms with van der Waals surface area (Å²) in [5.41, 5.74) is 1.26. The van der Waals surface area contributed by atoms with Gasteiger partial charge in [-0.3, -0.25) is 9.47 Å². The number of hydrogen-bond donors (Lipinski definition) is 0. The number of nitriles is 1. The molecule has 3 heterocycles. The molecular formula is C26H31F5N6OS. The summed E-state index contributed by atoms with van der Waals surface area (Å²) < 4.78 is 67.8. The van der Waals surface area contributed by atoms with Crippen LogP contribution in [0.2, 0.25) is 0 Å². The van der Waals surface area contributed by atoms with Gasteiger partial charge in [0, 0.05) is 38.3 Å². The predicted molar refractivity (Wildman–Crippen MR) is 143 cm³/mol. The lowest BCUT2D eigenvalue weighted by molar-refractivity contribution is 0.0895. The van der Waals surface area contributed by atoms with Crippen molar-refractivity contribution in [3.8, 4) is 6.07 Å². The maximum absolute atomic E-state index is 13.3. The number of fused-ring (bicyclic) bond motifs is 1. The van der Waals surface area contributed by atoms with Gasteiger partial charge in [0.25, 0.3) is 0 Å². The number of aryl methyl sites for hydroxylation is 1. The zero-order valence-corrected chi connectivity index (χ0v) is 22.9. The Kier molecular flexibility index (Phi) is 6.97. The van der Waals surface area contributed by atoms with Gasteiger partial charge in [0.1, 0.15) is 22.2 Å². The molecule has 2 aromatic heterocycles. The first kappa shape index (κ1) is 28.8. The van der Waals surface area contributed by atoms with Gasteiger partial charge in [0.05, 0.1) is 5.52 Å². The zero-order chi connectivity index (χ0) is 28.8. The molecule has 1 saturated heterocycles. The molecule has 0 bridgehead atoms. The number of rotatable bonds is 7. The van der Waals surface area contributed by atoms with Gasteiger partial charge in [0.2, 0.25) is 0 Å². The van der Waals surface area contributed by atoms with E-state index in [4.69, 9.17) is 0 Å². The first-order valence-electron chi connectivity index (χ1n) is 12.8. The van der Waals surface area contributed by atoms with Crippen LogP contribution in [0.5, 0.6) is 0 Å². The molecule has 1 aliphatic heterocycles. The summed E-state index contributed by atoms with van der Waals surface area (Å²) in [6.07, 6.45) is 1.91. The molecule has 0 radical (unpaired) electrons. The fourth-order valence-electron chi connectivity index (χ4n) is 5.41. The van der Waals surface area contributed by atoms with Gasteiger partial charge in [-0.2, -0.15) is 10.2 Å². The van der Waals surface area contributed by atoms with E-state index in [1.54, 1.807) is 19.2 Å². The SMILES string of the molecule is CCC(c1ccc(S(F)(F)(F)(F)F)cc1)N1C[C@H](CC)N(c2nc(=O)n(C)c3ccc(C#N)nc23)C[C@H]1CC. The van der Waals surface area contributed by atoms with Crippen LogP contribution in [0.1, 0.15) is 57.3 Å². The Morgan fingerprint density at radius 2 is 1.62 bits per heavy atom. The Labute approximate surface area is 223 Å². The molecule has 39 heavy (non-hydrogen) atoms. The van der Waals surface area contributed by atoms with Crippen LogP contribution in [-0.2, 0) is 7.05 Å². The summed E-state index contributed by atoms with van der Waals surface area (Å²) in [5.74, 6) is 0.392. The highest BCUT2D eigenvalue weighted by Gasteiger charge is 2.65. The van der Waals surface area contributed by atoms with Crippen molar-refractivity contribution >= 4 is 27.1 Å². The molecule has 3 atom stereocenters. The highest BCUT2D eigenvalue weighted by atomic mass is 32.5. The monoisotopic (exact) mass is 570 g/mol. The largest absolute Gasteiger partial charge is 0.349 e. The minimum atomic E-state index is -9.76. The standard InChI is InChI=1S/C26H31F5N6OS/c1-5-19-16-37(25-24-23(35(4)26(38)34-25)13-10-18(14-32)33-24)20(6-2)15-36(19)22(7-3)17-8-11-21(12-9-17)39(27,28,29,30)31/h8-13,19-20,22H,5-7,15-16H2,1-4H3/t19-,20+,22?/m1/s1. The molecule has 1 aliphatic rings. The number of halogens is 5. The number of aromatic nitrogens is 3. The average Bonchev–Trinajstić information content (AvgIpc) is 2.89. The number of anilines is 1. The summed E-state index contributed by atoms with van der Waals surface area (Å²) in [7, 11) is -8.17. The van der Waals surface area contributed by atoms with Crippen LogP contribution in [-0.4, -0.2) is 44.6 Å². The number of pyridine rings is 1. The molecule has 7 nitrogen and oxygen atoms in total. The van der Waals surface area contributed by atoms with E-state index in [-0.39, 0.29) is 23.8 Å². The third kappa shape index (κ3) is 5.58. The smallest absolute Gasteiger partial charge is 0.349 e. The van der Waals surface area contributed by atoms with Crippen molar-refractivity contribution in [2.45, 2.75) is 63.1 Å². The Morgan fingerprint density at radius 3 is 2.15 bits per heavy atom. The second kappa shape index (κ2) is 9.45. The number of nitrogens with zero attached hydrogens (tertiary/aromatic N) is 6. The van der Waals surface area contributed by atoms with E-state index in [2.05, 4.69) is 14.9 Å². The van der Waals surface area contributed by atoms with E-state index >= 15 is 0 Å². The van der Waals surface area contributed by atoms with Crippen LogP contribution >= 0.6 is 10.2 Å². The first-order valence-corrected chi connectivity index (χ1v) is 14.7. The van der Waals surface area contributed by atoms with Gasteiger partial charge in [0.15, 0.2) is 5.82 Å². The Hall–Kier alpha value is -3.24. The second-order valence-electron chi connectivity index (χ2n) is 9.89. The van der Waals surface area contributed by atoms with E-state index in [1.807, 2.05) is 31.7 Å². The van der Waals surface area contributed by atoms with Crippen molar-refractivity contribution in [3.05, 3.63) is 58.1 Å². The average molecular weight is 571 g/mol. The Balaban J connectivity index is 1.73. The molecule has 13 heteroatoms. The van der Waals surface area contributed by atoms with Crippen molar-refractivity contribution in [3.63, 3.8) is 0 Å². The van der Waals surface area contributed by atoms with Crippen LogP contribution in [0.25, 0.3) is 11.0 Å². The maximum atomic E-state index is 13.3. The first-order chi connectivity index (χ1) is 18.1. The summed E-state index contributed by atoms with van der Waals surface area (Å²) >= 11 is 0. The molecule has 4 rings (SSSR count). The molecule has 3 aromatic rings. The molecule has 1 fully saturated rings. The van der Waals surface area contributed by atoms with Gasteiger partial charge in [-0.1, -0.05) is 52.3 Å². The van der Waals surface area contributed by atoms with Gasteiger partial charge >= 0.3 is 15.9 Å². The van der Waals surface area contributed by atoms with Crippen LogP contribution in [0.15, 0.2) is 46.1 Å². The summed E-state index contributed by atoms with van der Waals surface area (Å²) in [5, 5.41) is 9.40. The quantitative estimate of drug-likeness (QED) is 0.295. The van der Waals surface area contributed by atoms with Gasteiger partial charge in [-0.15, -0.1) is 0 Å². The van der Waals surface area contributed by atoms with Crippen molar-refractivity contribution in [1.29, 1.82) is 5.26 Å². The predicted octanol–water partition coefficient (Wildman–Crippen LogP) is 6.69. The fraction of sp³-hybridized carbons (Fsp3) is 0.462. The van der Waals surface area contributed by atoms with Crippen molar-refractivity contribution in [1.82, 2.24) is 19.4 Å². The van der Waals surface area contributed by atoms with Crippen molar-refractivity contribution < 1.29 is 19.4 Å². The van der Waals surface area contributed by atoms with Crippen molar-refractivity contribution in [2.75, 3.05) is 18.0 Å². The molecule has 0 N–H and O–H groups in total. The van der Waals surface area contributed by atoms with E-state index in [1.165, 1.54) is 4.57 Å². The third-order valence-corrected chi connectivity index (χ3v) is 8.66. The molecule has 1 unspecified atom stereocenters. The normalized spacial score (nSPS) is 21.3. The van der Waals surface area contributed by atoms with Crippen LogP contribution < -0.4 is 10.6 Å². The highest BCUT2D eigenvalue weighted by Crippen LogP contribution is 3.02. The number of benzene rings is 1. The molecule has 1 aromatic carbocycles. The topological polar surface area (TPSA) is 78.0 Å². The number of hydrogen-bond acceptors (Lipinski definition) is 6. The highest BCUT2D eigenvalue weighted by molar-refractivity contribution is 8.45. The minimum absolute atomic E-state index is 0.0758. The molecule has 0 amide bonds. The fourth-order valence-corrected chi connectivity index (χ4v) is 6.06. The molecule has 0 saturated carbocycles. The van der Waals surface area contributed by atoms with Crippen LogP contribution in [0.3, 0.4) is 0 Å². The lowest BCUT2D eigenvalue weighted by Gasteiger charge is -2.49. The van der Waals surface area contributed by atoms with Gasteiger partial charge in [-0.25, -0.2) is 9.78 Å². The van der Waals surface area contributed by atoms with Gasteiger partial charge in [-0.05, 0) is 49.1 Å². The van der Waals surface area contributed by atoms with Crippen molar-refractivity contribution in [2.24, 2.45) is 7.05 Å².